The lowest BCUT2D eigenvalue weighted by Crippen LogP contribution is -2.10. The van der Waals surface area contributed by atoms with Gasteiger partial charge in [-0.15, -0.1) is 11.3 Å². The molecule has 2 heterocycles. The smallest absolute Gasteiger partial charge is 0.267 e. The topological polar surface area (TPSA) is 83.6 Å². The SMILES string of the molecule is CCc1ncc(C(=O)Nc2cccc(-c3n[nH]c(C)n3)c2)s1. The molecule has 2 N–H and O–H groups in total. The number of aromatic nitrogens is 4. The van der Waals surface area contributed by atoms with Gasteiger partial charge in [-0.25, -0.2) is 9.97 Å². The summed E-state index contributed by atoms with van der Waals surface area (Å²) in [4.78, 5) is 21.3. The number of rotatable bonds is 4. The second-order valence-electron chi connectivity index (χ2n) is 4.75. The lowest BCUT2D eigenvalue weighted by Gasteiger charge is -2.04. The van der Waals surface area contributed by atoms with Gasteiger partial charge in [-0.2, -0.15) is 5.10 Å². The minimum atomic E-state index is -0.152. The van der Waals surface area contributed by atoms with Crippen LogP contribution in [0, 0.1) is 6.92 Å². The molecule has 0 unspecified atom stereocenters. The highest BCUT2D eigenvalue weighted by Gasteiger charge is 2.11. The van der Waals surface area contributed by atoms with Crippen molar-refractivity contribution >= 4 is 22.9 Å². The summed E-state index contributed by atoms with van der Waals surface area (Å²) in [6.07, 6.45) is 2.44. The molecule has 0 saturated heterocycles. The lowest BCUT2D eigenvalue weighted by molar-refractivity contribution is 0.103. The summed E-state index contributed by atoms with van der Waals surface area (Å²) >= 11 is 1.41. The van der Waals surface area contributed by atoms with Gasteiger partial charge in [-0.05, 0) is 25.5 Å². The molecule has 0 aliphatic rings. The number of hydrogen-bond donors (Lipinski definition) is 2. The van der Waals surface area contributed by atoms with E-state index in [-0.39, 0.29) is 5.91 Å². The van der Waals surface area contributed by atoms with Crippen LogP contribution in [0.15, 0.2) is 30.5 Å². The highest BCUT2D eigenvalue weighted by atomic mass is 32.1. The van der Waals surface area contributed by atoms with Gasteiger partial charge in [0.2, 0.25) is 0 Å². The highest BCUT2D eigenvalue weighted by molar-refractivity contribution is 7.13. The average molecular weight is 313 g/mol. The summed E-state index contributed by atoms with van der Waals surface area (Å²) in [5.74, 6) is 1.21. The number of carbonyl (C=O) groups is 1. The molecule has 0 spiro atoms. The molecule has 0 aliphatic carbocycles. The van der Waals surface area contributed by atoms with E-state index < -0.39 is 0 Å². The van der Waals surface area contributed by atoms with Crippen molar-refractivity contribution in [3.8, 4) is 11.4 Å². The van der Waals surface area contributed by atoms with Crippen molar-refractivity contribution in [1.29, 1.82) is 0 Å². The monoisotopic (exact) mass is 313 g/mol. The molecular weight excluding hydrogens is 298 g/mol. The molecule has 3 aromatic rings. The Balaban J connectivity index is 1.79. The molecule has 0 bridgehead atoms. The number of amides is 1. The van der Waals surface area contributed by atoms with Crippen LogP contribution in [0.4, 0.5) is 5.69 Å². The van der Waals surface area contributed by atoms with Crippen LogP contribution >= 0.6 is 11.3 Å². The second-order valence-corrected chi connectivity index (χ2v) is 5.87. The van der Waals surface area contributed by atoms with E-state index in [9.17, 15) is 4.79 Å². The number of anilines is 1. The predicted octanol–water partition coefficient (Wildman–Crippen LogP) is 3.05. The van der Waals surface area contributed by atoms with Crippen molar-refractivity contribution in [1.82, 2.24) is 20.2 Å². The number of thiazole rings is 1. The third kappa shape index (κ3) is 3.04. The minimum Gasteiger partial charge on any atom is -0.321 e. The zero-order chi connectivity index (χ0) is 15.5. The average Bonchev–Trinajstić information content (AvgIpc) is 3.16. The maximum absolute atomic E-state index is 12.2. The standard InChI is InChI=1S/C15H15N5OS/c1-3-13-16-8-12(22-13)15(21)18-11-6-4-5-10(7-11)14-17-9(2)19-20-14/h4-8H,3H2,1-2H3,(H,18,21)(H,17,19,20). The number of benzene rings is 1. The van der Waals surface area contributed by atoms with E-state index in [2.05, 4.69) is 25.5 Å². The Labute approximate surface area is 131 Å². The summed E-state index contributed by atoms with van der Waals surface area (Å²) in [6, 6.07) is 7.45. The van der Waals surface area contributed by atoms with E-state index >= 15 is 0 Å². The Hall–Kier alpha value is -2.54. The Morgan fingerprint density at radius 3 is 2.95 bits per heavy atom. The highest BCUT2D eigenvalue weighted by Crippen LogP contribution is 2.21. The van der Waals surface area contributed by atoms with Gasteiger partial charge in [0, 0.05) is 11.3 Å². The van der Waals surface area contributed by atoms with E-state index in [1.54, 1.807) is 6.20 Å². The molecule has 2 aromatic heterocycles. The molecule has 1 amide bonds. The van der Waals surface area contributed by atoms with Crippen molar-refractivity contribution < 1.29 is 4.79 Å². The van der Waals surface area contributed by atoms with Gasteiger partial charge in [0.15, 0.2) is 5.82 Å². The number of carbonyl (C=O) groups excluding carboxylic acids is 1. The maximum atomic E-state index is 12.2. The van der Waals surface area contributed by atoms with E-state index in [0.717, 1.165) is 22.8 Å². The van der Waals surface area contributed by atoms with Crippen molar-refractivity contribution in [2.45, 2.75) is 20.3 Å². The van der Waals surface area contributed by atoms with Crippen LogP contribution in [0.2, 0.25) is 0 Å². The van der Waals surface area contributed by atoms with Gasteiger partial charge >= 0.3 is 0 Å². The van der Waals surface area contributed by atoms with Crippen LogP contribution in [0.3, 0.4) is 0 Å². The Morgan fingerprint density at radius 1 is 1.41 bits per heavy atom. The van der Waals surface area contributed by atoms with Crippen LogP contribution in [0.1, 0.15) is 27.4 Å². The molecule has 6 nitrogen and oxygen atoms in total. The van der Waals surface area contributed by atoms with E-state index in [1.165, 1.54) is 11.3 Å². The summed E-state index contributed by atoms with van der Waals surface area (Å²) in [5.41, 5.74) is 1.55. The zero-order valence-corrected chi connectivity index (χ0v) is 13.1. The molecule has 0 saturated carbocycles. The lowest BCUT2D eigenvalue weighted by atomic mass is 10.2. The maximum Gasteiger partial charge on any atom is 0.267 e. The van der Waals surface area contributed by atoms with Crippen molar-refractivity contribution in [2.75, 3.05) is 5.32 Å². The first-order chi connectivity index (χ1) is 10.7. The fraction of sp³-hybridized carbons (Fsp3) is 0.200. The third-order valence-electron chi connectivity index (χ3n) is 3.06. The number of hydrogen-bond acceptors (Lipinski definition) is 5. The number of nitrogens with one attached hydrogen (secondary N) is 2. The van der Waals surface area contributed by atoms with Crippen LogP contribution in [0.5, 0.6) is 0 Å². The Kier molecular flexibility index (Phi) is 3.97. The van der Waals surface area contributed by atoms with Gasteiger partial charge in [0.05, 0.1) is 11.2 Å². The van der Waals surface area contributed by atoms with Gasteiger partial charge in [0.1, 0.15) is 10.7 Å². The summed E-state index contributed by atoms with van der Waals surface area (Å²) < 4.78 is 0. The van der Waals surface area contributed by atoms with E-state index in [4.69, 9.17) is 0 Å². The first-order valence-corrected chi connectivity index (χ1v) is 7.73. The van der Waals surface area contributed by atoms with Crippen LogP contribution in [-0.2, 0) is 6.42 Å². The predicted molar refractivity (Wildman–Crippen MR) is 86.0 cm³/mol. The molecule has 0 atom stereocenters. The zero-order valence-electron chi connectivity index (χ0n) is 12.3. The normalized spacial score (nSPS) is 10.6. The molecule has 3 rings (SSSR count). The molecule has 0 aliphatic heterocycles. The van der Waals surface area contributed by atoms with Crippen molar-refractivity contribution in [3.63, 3.8) is 0 Å². The summed E-state index contributed by atoms with van der Waals surface area (Å²) in [6.45, 7) is 3.86. The summed E-state index contributed by atoms with van der Waals surface area (Å²) in [7, 11) is 0. The summed E-state index contributed by atoms with van der Waals surface area (Å²) in [5, 5.41) is 10.8. The van der Waals surface area contributed by atoms with Crippen LogP contribution in [-0.4, -0.2) is 26.1 Å². The molecule has 7 heteroatoms. The second kappa shape index (κ2) is 6.07. The van der Waals surface area contributed by atoms with Gasteiger partial charge < -0.3 is 5.32 Å². The Bertz CT molecular complexity index is 808. The first kappa shape index (κ1) is 14.4. The fourth-order valence-electron chi connectivity index (χ4n) is 1.98. The fourth-order valence-corrected chi connectivity index (χ4v) is 2.73. The molecular formula is C15H15N5OS. The van der Waals surface area contributed by atoms with Gasteiger partial charge in [-0.3, -0.25) is 9.89 Å². The quantitative estimate of drug-likeness (QED) is 0.775. The van der Waals surface area contributed by atoms with E-state index in [1.807, 2.05) is 38.1 Å². The molecule has 22 heavy (non-hydrogen) atoms. The van der Waals surface area contributed by atoms with Gasteiger partial charge in [0.25, 0.3) is 5.91 Å². The molecule has 0 radical (unpaired) electrons. The molecule has 0 fully saturated rings. The number of aromatic amines is 1. The Morgan fingerprint density at radius 2 is 2.27 bits per heavy atom. The van der Waals surface area contributed by atoms with E-state index in [0.29, 0.717) is 16.4 Å². The number of H-pyrrole nitrogens is 1. The van der Waals surface area contributed by atoms with Crippen molar-refractivity contribution in [3.05, 3.63) is 46.2 Å². The third-order valence-corrected chi connectivity index (χ3v) is 4.20. The number of nitrogens with zero attached hydrogens (tertiary/aromatic N) is 3. The number of aryl methyl sites for hydroxylation is 2. The largest absolute Gasteiger partial charge is 0.321 e. The van der Waals surface area contributed by atoms with Crippen molar-refractivity contribution in [2.24, 2.45) is 0 Å². The first-order valence-electron chi connectivity index (χ1n) is 6.91. The minimum absolute atomic E-state index is 0.152. The van der Waals surface area contributed by atoms with Gasteiger partial charge in [-0.1, -0.05) is 19.1 Å². The van der Waals surface area contributed by atoms with Crippen LogP contribution in [0.25, 0.3) is 11.4 Å². The molecule has 1 aromatic carbocycles. The van der Waals surface area contributed by atoms with Crippen LogP contribution < -0.4 is 5.32 Å². The molecule has 112 valence electrons.